The maximum absolute atomic E-state index is 12.5. The van der Waals surface area contributed by atoms with E-state index in [4.69, 9.17) is 5.73 Å². The molecule has 3 N–H and O–H groups in total. The van der Waals surface area contributed by atoms with Gasteiger partial charge in [-0.25, -0.2) is 4.79 Å². The van der Waals surface area contributed by atoms with E-state index >= 15 is 0 Å². The Labute approximate surface area is 119 Å². The van der Waals surface area contributed by atoms with Gasteiger partial charge in [0.25, 0.3) is 5.91 Å². The minimum Gasteiger partial charge on any atom is -0.480 e. The molecule has 1 heterocycles. The standard InChI is InChI=1S/C13H15BrN2O3/c1-13(12(18)19)5-2-6-16(13)11(17)9-7-8(15)3-4-10(9)14/h3-4,7H,2,5-6,15H2,1H3,(H,18,19). The van der Waals surface area contributed by atoms with Crippen molar-refractivity contribution in [3.8, 4) is 0 Å². The van der Waals surface area contributed by atoms with Gasteiger partial charge in [0.1, 0.15) is 5.54 Å². The molecule has 1 fully saturated rings. The lowest BCUT2D eigenvalue weighted by Gasteiger charge is -2.31. The van der Waals surface area contributed by atoms with E-state index in [9.17, 15) is 14.7 Å². The number of carbonyl (C=O) groups excluding carboxylic acids is 1. The first-order valence-corrected chi connectivity index (χ1v) is 6.76. The second-order valence-electron chi connectivity index (χ2n) is 4.88. The molecule has 0 bridgehead atoms. The average molecular weight is 327 g/mol. The molecule has 1 saturated heterocycles. The Morgan fingerprint density at radius 1 is 1.47 bits per heavy atom. The van der Waals surface area contributed by atoms with E-state index in [-0.39, 0.29) is 5.91 Å². The van der Waals surface area contributed by atoms with Gasteiger partial charge >= 0.3 is 5.97 Å². The van der Waals surface area contributed by atoms with Gasteiger partial charge in [-0.1, -0.05) is 0 Å². The fraction of sp³-hybridized carbons (Fsp3) is 0.385. The number of hydrogen-bond acceptors (Lipinski definition) is 3. The number of nitrogens with two attached hydrogens (primary N) is 1. The van der Waals surface area contributed by atoms with Gasteiger partial charge in [-0.15, -0.1) is 0 Å². The van der Waals surface area contributed by atoms with Crippen LogP contribution in [0.25, 0.3) is 0 Å². The normalized spacial score (nSPS) is 22.5. The number of rotatable bonds is 2. The number of carboxylic acids is 1. The number of nitrogen functional groups attached to an aromatic ring is 1. The highest BCUT2D eigenvalue weighted by Gasteiger charge is 2.46. The minimum absolute atomic E-state index is 0.304. The first-order valence-electron chi connectivity index (χ1n) is 5.96. The summed E-state index contributed by atoms with van der Waals surface area (Å²) in [7, 11) is 0. The van der Waals surface area contributed by atoms with Crippen molar-refractivity contribution in [2.24, 2.45) is 0 Å². The molecule has 1 aliphatic rings. The quantitative estimate of drug-likeness (QED) is 0.815. The maximum Gasteiger partial charge on any atom is 0.329 e. The topological polar surface area (TPSA) is 83.6 Å². The molecule has 0 spiro atoms. The molecule has 1 aromatic carbocycles. The summed E-state index contributed by atoms with van der Waals surface area (Å²) in [6.45, 7) is 2.03. The lowest BCUT2D eigenvalue weighted by Crippen LogP contribution is -2.50. The zero-order valence-electron chi connectivity index (χ0n) is 10.5. The molecule has 6 heteroatoms. The van der Waals surface area contributed by atoms with Gasteiger partial charge in [0, 0.05) is 16.7 Å². The summed E-state index contributed by atoms with van der Waals surface area (Å²) in [6.07, 6.45) is 1.16. The summed E-state index contributed by atoms with van der Waals surface area (Å²) in [5.74, 6) is -1.28. The second-order valence-corrected chi connectivity index (χ2v) is 5.73. The van der Waals surface area contributed by atoms with Crippen LogP contribution >= 0.6 is 15.9 Å². The highest BCUT2D eigenvalue weighted by molar-refractivity contribution is 9.10. The Hall–Kier alpha value is -1.56. The van der Waals surface area contributed by atoms with E-state index in [2.05, 4.69) is 15.9 Å². The highest BCUT2D eigenvalue weighted by atomic mass is 79.9. The third-order valence-electron chi connectivity index (χ3n) is 3.57. The van der Waals surface area contributed by atoms with E-state index < -0.39 is 11.5 Å². The smallest absolute Gasteiger partial charge is 0.329 e. The zero-order chi connectivity index (χ0) is 14.2. The Bertz CT molecular complexity index is 547. The fourth-order valence-electron chi connectivity index (χ4n) is 2.36. The SMILES string of the molecule is CC1(C(=O)O)CCCN1C(=O)c1cc(N)ccc1Br. The molecular formula is C13H15BrN2O3. The van der Waals surface area contributed by atoms with Crippen molar-refractivity contribution in [3.63, 3.8) is 0 Å². The molecule has 0 radical (unpaired) electrons. The van der Waals surface area contributed by atoms with Gasteiger partial charge in [0.15, 0.2) is 0 Å². The average Bonchev–Trinajstić information content (AvgIpc) is 2.75. The van der Waals surface area contributed by atoms with Crippen LogP contribution in [0.2, 0.25) is 0 Å². The van der Waals surface area contributed by atoms with Gasteiger partial charge in [-0.3, -0.25) is 4.79 Å². The van der Waals surface area contributed by atoms with Gasteiger partial charge in [-0.05, 0) is 53.9 Å². The van der Waals surface area contributed by atoms with E-state index in [1.165, 1.54) is 4.90 Å². The van der Waals surface area contributed by atoms with Crippen LogP contribution in [0.4, 0.5) is 5.69 Å². The van der Waals surface area contributed by atoms with Crippen LogP contribution in [0.15, 0.2) is 22.7 Å². The predicted octanol–water partition coefficient (Wildman–Crippen LogP) is 2.11. The van der Waals surface area contributed by atoms with Crippen LogP contribution in [0.1, 0.15) is 30.1 Å². The Kier molecular flexibility index (Phi) is 3.54. The maximum atomic E-state index is 12.5. The summed E-state index contributed by atoms with van der Waals surface area (Å²) in [5.41, 5.74) is 5.42. The van der Waals surface area contributed by atoms with Gasteiger partial charge in [-0.2, -0.15) is 0 Å². The van der Waals surface area contributed by atoms with Crippen molar-refractivity contribution >= 4 is 33.5 Å². The Morgan fingerprint density at radius 2 is 2.16 bits per heavy atom. The fourth-order valence-corrected chi connectivity index (χ4v) is 2.78. The summed E-state index contributed by atoms with van der Waals surface area (Å²) in [5, 5.41) is 9.33. The van der Waals surface area contributed by atoms with Crippen LogP contribution in [0.3, 0.4) is 0 Å². The molecule has 1 atom stereocenters. The Morgan fingerprint density at radius 3 is 2.79 bits per heavy atom. The van der Waals surface area contributed by atoms with Crippen molar-refractivity contribution in [3.05, 3.63) is 28.2 Å². The number of halogens is 1. The number of carboxylic acid groups (broad SMARTS) is 1. The van der Waals surface area contributed by atoms with E-state index in [0.29, 0.717) is 35.1 Å². The van der Waals surface area contributed by atoms with Crippen LogP contribution in [0, 0.1) is 0 Å². The molecule has 1 aliphatic heterocycles. The lowest BCUT2D eigenvalue weighted by molar-refractivity contribution is -0.147. The van der Waals surface area contributed by atoms with Gasteiger partial charge in [0.05, 0.1) is 5.56 Å². The molecule has 0 saturated carbocycles. The van der Waals surface area contributed by atoms with Gasteiger partial charge in [0.2, 0.25) is 0 Å². The van der Waals surface area contributed by atoms with Crippen molar-refractivity contribution in [1.82, 2.24) is 4.90 Å². The predicted molar refractivity (Wildman–Crippen MR) is 74.9 cm³/mol. The number of benzene rings is 1. The molecule has 0 aromatic heterocycles. The van der Waals surface area contributed by atoms with Crippen LogP contribution in [-0.2, 0) is 4.79 Å². The van der Waals surface area contributed by atoms with E-state index in [0.717, 1.165) is 0 Å². The number of anilines is 1. The van der Waals surface area contributed by atoms with Crippen LogP contribution in [-0.4, -0.2) is 34.0 Å². The summed E-state index contributed by atoms with van der Waals surface area (Å²) in [4.78, 5) is 25.3. The molecule has 0 aliphatic carbocycles. The number of amides is 1. The molecule has 2 rings (SSSR count). The molecule has 1 aromatic rings. The van der Waals surface area contributed by atoms with Crippen molar-refractivity contribution in [2.45, 2.75) is 25.3 Å². The molecule has 102 valence electrons. The number of aliphatic carboxylic acids is 1. The van der Waals surface area contributed by atoms with Crippen molar-refractivity contribution in [1.29, 1.82) is 0 Å². The third kappa shape index (κ3) is 2.32. The molecular weight excluding hydrogens is 312 g/mol. The molecule has 5 nitrogen and oxygen atoms in total. The minimum atomic E-state index is -1.14. The van der Waals surface area contributed by atoms with Crippen LogP contribution < -0.4 is 5.73 Å². The van der Waals surface area contributed by atoms with Gasteiger partial charge < -0.3 is 15.7 Å². The largest absolute Gasteiger partial charge is 0.480 e. The zero-order valence-corrected chi connectivity index (χ0v) is 12.1. The lowest BCUT2D eigenvalue weighted by atomic mass is 9.98. The third-order valence-corrected chi connectivity index (χ3v) is 4.26. The second kappa shape index (κ2) is 4.85. The summed E-state index contributed by atoms with van der Waals surface area (Å²) < 4.78 is 0.617. The van der Waals surface area contributed by atoms with E-state index in [1.807, 2.05) is 0 Å². The van der Waals surface area contributed by atoms with Crippen molar-refractivity contribution < 1.29 is 14.7 Å². The number of carbonyl (C=O) groups is 2. The summed E-state index contributed by atoms with van der Waals surface area (Å²) >= 11 is 3.30. The van der Waals surface area contributed by atoms with Crippen molar-refractivity contribution in [2.75, 3.05) is 12.3 Å². The highest BCUT2D eigenvalue weighted by Crippen LogP contribution is 2.32. The number of likely N-dealkylation sites (tertiary alicyclic amines) is 1. The number of hydrogen-bond donors (Lipinski definition) is 2. The van der Waals surface area contributed by atoms with Crippen LogP contribution in [0.5, 0.6) is 0 Å². The summed E-state index contributed by atoms with van der Waals surface area (Å²) in [6, 6.07) is 4.94. The monoisotopic (exact) mass is 326 g/mol. The molecule has 19 heavy (non-hydrogen) atoms. The first kappa shape index (κ1) is 13.9. The van der Waals surface area contributed by atoms with E-state index in [1.54, 1.807) is 25.1 Å². The molecule has 1 unspecified atom stereocenters. The first-order chi connectivity index (χ1) is 8.86. The Balaban J connectivity index is 2.39. The number of nitrogens with zero attached hydrogens (tertiary/aromatic N) is 1. The molecule has 1 amide bonds.